The third-order valence-corrected chi connectivity index (χ3v) is 16.2. The highest BCUT2D eigenvalue weighted by Gasteiger charge is 2.52. The third-order valence-electron chi connectivity index (χ3n) is 15.7. The van der Waals surface area contributed by atoms with E-state index < -0.39 is 30.3 Å². The van der Waals surface area contributed by atoms with Crippen LogP contribution < -0.4 is 9.47 Å². The van der Waals surface area contributed by atoms with E-state index in [9.17, 15) is 22.8 Å². The second-order valence-corrected chi connectivity index (χ2v) is 22.3. The Labute approximate surface area is 411 Å². The van der Waals surface area contributed by atoms with Crippen LogP contribution in [-0.4, -0.2) is 144 Å². The monoisotopic (exact) mass is 1030 g/mol. The number of fused-ring (bicyclic) bond motifs is 5. The van der Waals surface area contributed by atoms with Gasteiger partial charge in [-0.2, -0.15) is 44.0 Å². The molecule has 2 aromatic carbocycles. The van der Waals surface area contributed by atoms with Crippen molar-refractivity contribution < 1.29 is 37.0 Å². The van der Waals surface area contributed by atoms with Crippen LogP contribution in [0.2, 0.25) is 0 Å². The largest absolute Gasteiger partial charge is 0.478 e. The van der Waals surface area contributed by atoms with E-state index in [2.05, 4.69) is 72.4 Å². The highest BCUT2D eigenvalue weighted by atomic mass is 79.9. The number of nitrogens with one attached hydrogen (secondary N) is 2. The van der Waals surface area contributed by atoms with Crippen LogP contribution in [0.5, 0.6) is 11.6 Å². The van der Waals surface area contributed by atoms with Gasteiger partial charge in [-0.1, -0.05) is 54.9 Å². The van der Waals surface area contributed by atoms with E-state index in [1.807, 2.05) is 51.1 Å². The van der Waals surface area contributed by atoms with Gasteiger partial charge >= 0.3 is 6.18 Å². The summed E-state index contributed by atoms with van der Waals surface area (Å²) in [6, 6.07) is 13.7. The lowest BCUT2D eigenvalue weighted by molar-refractivity contribution is -0.153. The lowest BCUT2D eigenvalue weighted by atomic mass is 9.86. The lowest BCUT2D eigenvalue weighted by Crippen LogP contribution is -2.50. The molecule has 0 radical (unpaired) electrons. The molecule has 16 nitrogen and oxygen atoms in total. The summed E-state index contributed by atoms with van der Waals surface area (Å²) < 4.78 is 55.1. The van der Waals surface area contributed by atoms with E-state index in [0.29, 0.717) is 113 Å². The SMILES string of the molecule is CC(C)(C)c1cc(Br)ccc1OC(C(=O)N1C[C@H]2CN(C(=O)[C@@H]3CCc4n[nH]nc4C3)C[C@@H]2C1)C(c1cc2ccccc2c(OCC(F)(F)F)n1)N1C[C@H]2CN(C(=O)[C@@H]3CCc4n[nH]nc4C3)C[C@@H]2C1. The average Bonchev–Trinajstić information content (AvgIpc) is 4.20. The number of alkyl halides is 3. The number of carbonyl (C=O) groups excluding carboxylic acids is 3. The van der Waals surface area contributed by atoms with Crippen molar-refractivity contribution in [3.63, 3.8) is 0 Å². The molecule has 0 bridgehead atoms. The Hall–Kier alpha value is -5.63. The molecule has 4 saturated heterocycles. The Kier molecular flexibility index (Phi) is 12.2. The van der Waals surface area contributed by atoms with Gasteiger partial charge in [0.05, 0.1) is 34.5 Å². The number of nitrogens with zero attached hydrogens (tertiary/aromatic N) is 9. The predicted molar refractivity (Wildman–Crippen MR) is 252 cm³/mol. The van der Waals surface area contributed by atoms with E-state index in [1.54, 1.807) is 12.1 Å². The van der Waals surface area contributed by atoms with Gasteiger partial charge in [0.1, 0.15) is 5.75 Å². The molecule has 2 unspecified atom stereocenters. The van der Waals surface area contributed by atoms with Crippen molar-refractivity contribution in [2.45, 2.75) is 83.0 Å². The fourth-order valence-electron chi connectivity index (χ4n) is 12.2. The average molecular weight is 1030 g/mol. The maximum atomic E-state index is 15.8. The van der Waals surface area contributed by atoms with Crippen LogP contribution in [0.3, 0.4) is 0 Å². The summed E-state index contributed by atoms with van der Waals surface area (Å²) in [5.74, 6) is 0.133. The minimum Gasteiger partial charge on any atom is -0.478 e. The molecule has 8 atom stereocenters. The van der Waals surface area contributed by atoms with Crippen molar-refractivity contribution in [3.05, 3.63) is 87.0 Å². The molecule has 70 heavy (non-hydrogen) atoms. The summed E-state index contributed by atoms with van der Waals surface area (Å²) in [4.78, 5) is 56.7. The molecule has 370 valence electrons. The van der Waals surface area contributed by atoms with Crippen LogP contribution in [-0.2, 0) is 45.5 Å². The normalized spacial score (nSPS) is 25.4. The first-order chi connectivity index (χ1) is 33.5. The number of amides is 3. The number of hydrogen-bond acceptors (Lipinski definition) is 11. The molecular weight excluding hydrogens is 972 g/mol. The molecule has 4 fully saturated rings. The van der Waals surface area contributed by atoms with E-state index in [0.717, 1.165) is 32.8 Å². The molecule has 3 aromatic heterocycles. The molecule has 3 amide bonds. The third kappa shape index (κ3) is 9.13. The van der Waals surface area contributed by atoms with Crippen molar-refractivity contribution in [3.8, 4) is 11.6 Å². The number of benzene rings is 2. The van der Waals surface area contributed by atoms with Crippen LogP contribution in [0.15, 0.2) is 53.0 Å². The van der Waals surface area contributed by atoms with Crippen LogP contribution in [0, 0.1) is 35.5 Å². The highest BCUT2D eigenvalue weighted by Crippen LogP contribution is 2.44. The van der Waals surface area contributed by atoms with E-state index in [4.69, 9.17) is 14.5 Å². The van der Waals surface area contributed by atoms with Gasteiger partial charge in [0.25, 0.3) is 5.91 Å². The molecule has 2 N–H and O–H groups in total. The number of likely N-dealkylation sites (tertiary alicyclic amines) is 4. The second-order valence-electron chi connectivity index (χ2n) is 21.4. The van der Waals surface area contributed by atoms with Crippen LogP contribution in [0.1, 0.15) is 73.7 Å². The second kappa shape index (κ2) is 18.2. The molecule has 0 saturated carbocycles. The number of aromatic amines is 2. The first-order valence-electron chi connectivity index (χ1n) is 24.5. The molecule has 6 aliphatic rings. The van der Waals surface area contributed by atoms with Crippen molar-refractivity contribution in [1.29, 1.82) is 0 Å². The van der Waals surface area contributed by atoms with Crippen LogP contribution >= 0.6 is 15.9 Å². The smallest absolute Gasteiger partial charge is 0.422 e. The Balaban J connectivity index is 0.922. The van der Waals surface area contributed by atoms with Gasteiger partial charge in [-0.15, -0.1) is 0 Å². The van der Waals surface area contributed by atoms with Gasteiger partial charge in [-0.3, -0.25) is 19.3 Å². The Morgan fingerprint density at radius 3 is 1.84 bits per heavy atom. The van der Waals surface area contributed by atoms with Gasteiger partial charge in [0, 0.05) is 104 Å². The number of carbonyl (C=O) groups is 3. The number of aryl methyl sites for hydroxylation is 2. The zero-order chi connectivity index (χ0) is 48.6. The summed E-state index contributed by atoms with van der Waals surface area (Å²) in [7, 11) is 0. The molecular formula is C50H57BrF3N11O5. The van der Waals surface area contributed by atoms with Crippen LogP contribution in [0.25, 0.3) is 10.8 Å². The van der Waals surface area contributed by atoms with Gasteiger partial charge in [-0.05, 0) is 78.7 Å². The topological polar surface area (TPSA) is 179 Å². The molecule has 20 heteroatoms. The van der Waals surface area contributed by atoms with E-state index in [1.165, 1.54) is 0 Å². The molecule has 2 aliphatic carbocycles. The van der Waals surface area contributed by atoms with Crippen LogP contribution in [0.4, 0.5) is 13.2 Å². The standard InChI is InChI=1S/C50H57BrF3N11O5/c1-49(2,3)36-17-34(51)10-13-42(36)70-44(48(68)65-24-32-22-64(23-33(32)25-65)47(67)29-9-12-38-40(16-29)59-61-57-38)43(41-14-27-6-4-5-7-35(27)45(55-41)69-26-50(52,53)54)62-18-30-20-63(21-31(30)19-62)46(66)28-8-11-37-39(15-28)58-60-56-37/h4-7,10,13-14,17,28-33,43-44H,8-9,11-12,15-16,18-26H2,1-3H3,(H,56,58,60)(H,57,59,61)/t28-,29-,30+,31+,32-,33-,43?,44?/m1/s1. The number of aromatic nitrogens is 7. The molecule has 5 aromatic rings. The zero-order valence-electron chi connectivity index (χ0n) is 39.4. The van der Waals surface area contributed by atoms with Gasteiger partial charge in [0.15, 0.2) is 12.7 Å². The van der Waals surface area contributed by atoms with Gasteiger partial charge in [0.2, 0.25) is 17.7 Å². The lowest BCUT2D eigenvalue weighted by Gasteiger charge is -2.37. The number of hydrogen-bond donors (Lipinski definition) is 2. The summed E-state index contributed by atoms with van der Waals surface area (Å²) in [6.45, 7) is 8.61. The van der Waals surface area contributed by atoms with Gasteiger partial charge in [-0.25, -0.2) is 4.98 Å². The van der Waals surface area contributed by atoms with Gasteiger partial charge < -0.3 is 24.2 Å². The predicted octanol–water partition coefficient (Wildman–Crippen LogP) is 5.88. The maximum absolute atomic E-state index is 15.8. The summed E-state index contributed by atoms with van der Waals surface area (Å²) >= 11 is 3.65. The Bertz CT molecular complexity index is 2790. The maximum Gasteiger partial charge on any atom is 0.422 e. The van der Waals surface area contributed by atoms with E-state index >= 15 is 4.79 Å². The fourth-order valence-corrected chi connectivity index (χ4v) is 12.5. The van der Waals surface area contributed by atoms with Crippen molar-refractivity contribution in [2.75, 3.05) is 59.0 Å². The molecule has 7 heterocycles. The molecule has 4 aliphatic heterocycles. The Morgan fingerprint density at radius 2 is 1.27 bits per heavy atom. The van der Waals surface area contributed by atoms with Crippen molar-refractivity contribution >= 4 is 44.4 Å². The summed E-state index contributed by atoms with van der Waals surface area (Å²) in [5.41, 5.74) is 4.32. The number of rotatable bonds is 10. The Morgan fingerprint density at radius 1 is 0.729 bits per heavy atom. The van der Waals surface area contributed by atoms with Crippen molar-refractivity contribution in [1.82, 2.24) is 55.4 Å². The quantitative estimate of drug-likeness (QED) is 0.171. The molecule has 11 rings (SSSR count). The first kappa shape index (κ1) is 46.7. The highest BCUT2D eigenvalue weighted by molar-refractivity contribution is 9.10. The van der Waals surface area contributed by atoms with E-state index in [-0.39, 0.29) is 59.1 Å². The van der Waals surface area contributed by atoms with Crippen molar-refractivity contribution in [2.24, 2.45) is 35.5 Å². The number of H-pyrrole nitrogens is 2. The number of halogens is 4. The summed E-state index contributed by atoms with van der Waals surface area (Å²) in [5, 5.41) is 23.5. The first-order valence-corrected chi connectivity index (χ1v) is 25.3. The minimum atomic E-state index is -4.62. The minimum absolute atomic E-state index is 0.0480. The number of pyridine rings is 1. The zero-order valence-corrected chi connectivity index (χ0v) is 41.0. The fraction of sp³-hybridized carbons (Fsp3) is 0.560. The summed E-state index contributed by atoms with van der Waals surface area (Å²) in [6.07, 6.45) is -1.93. The molecule has 0 spiro atoms. The number of ether oxygens (including phenoxy) is 2.